The number of hydrogen-bond acceptors (Lipinski definition) is 6. The molecule has 1 amide bonds. The first-order valence-electron chi connectivity index (χ1n) is 9.46. The number of methoxy groups -OCH3 is 1. The van der Waals surface area contributed by atoms with Crippen LogP contribution < -0.4 is 9.74 Å². The van der Waals surface area contributed by atoms with E-state index in [2.05, 4.69) is 49.1 Å². The van der Waals surface area contributed by atoms with Crippen molar-refractivity contribution in [1.29, 1.82) is 0 Å². The van der Waals surface area contributed by atoms with E-state index in [1.165, 1.54) is 25.7 Å². The van der Waals surface area contributed by atoms with E-state index in [1.54, 1.807) is 0 Å². The van der Waals surface area contributed by atoms with E-state index in [4.69, 9.17) is 9.16 Å². The molecule has 0 radical (unpaired) electrons. The molecular weight excluding hydrogens is 386 g/mol. The van der Waals surface area contributed by atoms with Crippen molar-refractivity contribution in [2.24, 2.45) is 0 Å². The van der Waals surface area contributed by atoms with E-state index in [9.17, 15) is 9.59 Å². The minimum Gasteiger partial charge on any atom is -0.544 e. The maximum Gasteiger partial charge on any atom is 0.328 e. The number of esters is 1. The lowest BCUT2D eigenvalue weighted by Crippen LogP contribution is -2.44. The minimum absolute atomic E-state index is 0.103. The summed E-state index contributed by atoms with van der Waals surface area (Å²) in [6, 6.07) is 6.75. The Morgan fingerprint density at radius 1 is 1.14 bits per heavy atom. The van der Waals surface area contributed by atoms with Gasteiger partial charge in [0.25, 0.3) is 5.91 Å². The molecular formula is C21H29N3O4Si. The van der Waals surface area contributed by atoms with E-state index in [1.807, 2.05) is 24.3 Å². The van der Waals surface area contributed by atoms with Gasteiger partial charge < -0.3 is 14.5 Å². The highest BCUT2D eigenvalue weighted by atomic mass is 28.4. The second-order valence-electron chi connectivity index (χ2n) is 8.35. The average molecular weight is 416 g/mol. The number of aromatic nitrogens is 2. The van der Waals surface area contributed by atoms with Crippen LogP contribution >= 0.6 is 0 Å². The second kappa shape index (κ2) is 9.17. The van der Waals surface area contributed by atoms with Crippen LogP contribution in [0, 0.1) is 0 Å². The Bertz CT molecular complexity index is 833. The molecule has 7 nitrogen and oxygen atoms in total. The summed E-state index contributed by atoms with van der Waals surface area (Å²) < 4.78 is 11.1. The maximum absolute atomic E-state index is 12.3. The van der Waals surface area contributed by atoms with Crippen LogP contribution in [-0.4, -0.2) is 43.3 Å². The summed E-state index contributed by atoms with van der Waals surface area (Å²) in [6.07, 6.45) is 4.53. The largest absolute Gasteiger partial charge is 0.544 e. The van der Waals surface area contributed by atoms with Crippen molar-refractivity contribution in [1.82, 2.24) is 15.3 Å². The molecule has 0 aliphatic heterocycles. The maximum atomic E-state index is 12.3. The highest BCUT2D eigenvalue weighted by Crippen LogP contribution is 2.37. The molecule has 0 bridgehead atoms. The molecule has 2 aromatic rings. The molecule has 156 valence electrons. The SMILES string of the molecule is COC(=O)[C@H](Cc1ccc(O[Si](C)(C)C(C)(C)C)cc1)NC(=O)c1cnccn1. The fourth-order valence-corrected chi connectivity index (χ4v) is 3.39. The van der Waals surface area contributed by atoms with Crippen LogP contribution in [0.4, 0.5) is 0 Å². The minimum atomic E-state index is -1.92. The van der Waals surface area contributed by atoms with Crippen molar-refractivity contribution in [3.05, 3.63) is 54.1 Å². The molecule has 8 heteroatoms. The number of hydrogen-bond donors (Lipinski definition) is 1. The van der Waals surface area contributed by atoms with Gasteiger partial charge in [-0.3, -0.25) is 9.78 Å². The van der Waals surface area contributed by atoms with Crippen LogP contribution in [0.5, 0.6) is 5.75 Å². The zero-order valence-corrected chi connectivity index (χ0v) is 18.9. The summed E-state index contributed by atoms with van der Waals surface area (Å²) >= 11 is 0. The van der Waals surface area contributed by atoms with E-state index >= 15 is 0 Å². The van der Waals surface area contributed by atoms with Crippen molar-refractivity contribution in [3.63, 3.8) is 0 Å². The lowest BCUT2D eigenvalue weighted by atomic mass is 10.1. The number of nitrogens with one attached hydrogen (secondary N) is 1. The van der Waals surface area contributed by atoms with Crippen molar-refractivity contribution in [3.8, 4) is 5.75 Å². The quantitative estimate of drug-likeness (QED) is 0.551. The first kappa shape index (κ1) is 22.5. The fourth-order valence-electron chi connectivity index (χ4n) is 2.36. The first-order valence-corrected chi connectivity index (χ1v) is 12.4. The van der Waals surface area contributed by atoms with Gasteiger partial charge in [0.2, 0.25) is 8.32 Å². The van der Waals surface area contributed by atoms with Gasteiger partial charge in [-0.25, -0.2) is 9.78 Å². The third kappa shape index (κ3) is 6.12. The zero-order chi connectivity index (χ0) is 21.7. The topological polar surface area (TPSA) is 90.4 Å². The third-order valence-electron chi connectivity index (χ3n) is 5.13. The molecule has 1 atom stereocenters. The predicted molar refractivity (Wildman–Crippen MR) is 113 cm³/mol. The van der Waals surface area contributed by atoms with E-state index in [0.717, 1.165) is 11.3 Å². The van der Waals surface area contributed by atoms with E-state index in [0.29, 0.717) is 6.42 Å². The summed E-state index contributed by atoms with van der Waals surface area (Å²) in [7, 11) is -0.630. The van der Waals surface area contributed by atoms with Gasteiger partial charge in [0, 0.05) is 18.8 Å². The van der Waals surface area contributed by atoms with Gasteiger partial charge in [0.05, 0.1) is 13.3 Å². The number of carbonyl (C=O) groups is 2. The van der Waals surface area contributed by atoms with Gasteiger partial charge in [0.15, 0.2) is 0 Å². The molecule has 1 aromatic carbocycles. The highest BCUT2D eigenvalue weighted by Gasteiger charge is 2.38. The van der Waals surface area contributed by atoms with Gasteiger partial charge in [-0.15, -0.1) is 0 Å². The second-order valence-corrected chi connectivity index (χ2v) is 13.1. The normalized spacial score (nSPS) is 12.8. The van der Waals surface area contributed by atoms with E-state index in [-0.39, 0.29) is 10.7 Å². The van der Waals surface area contributed by atoms with Crippen LogP contribution in [0.3, 0.4) is 0 Å². The lowest BCUT2D eigenvalue weighted by Gasteiger charge is -2.36. The van der Waals surface area contributed by atoms with Crippen LogP contribution in [0.1, 0.15) is 36.8 Å². The Morgan fingerprint density at radius 2 is 1.79 bits per heavy atom. The Kier molecular flexibility index (Phi) is 7.13. The van der Waals surface area contributed by atoms with E-state index < -0.39 is 26.2 Å². The van der Waals surface area contributed by atoms with Gasteiger partial charge in [-0.1, -0.05) is 32.9 Å². The molecule has 0 spiro atoms. The number of benzene rings is 1. The molecule has 0 saturated heterocycles. The monoisotopic (exact) mass is 415 g/mol. The Labute approximate surface area is 173 Å². The van der Waals surface area contributed by atoms with Crippen LogP contribution in [0.25, 0.3) is 0 Å². The summed E-state index contributed by atoms with van der Waals surface area (Å²) in [5.41, 5.74) is 1.02. The number of amides is 1. The summed E-state index contributed by atoms with van der Waals surface area (Å²) in [4.78, 5) is 32.3. The molecule has 0 aliphatic rings. The number of ether oxygens (including phenoxy) is 1. The average Bonchev–Trinajstić information content (AvgIpc) is 2.67. The van der Waals surface area contributed by atoms with Crippen molar-refractivity contribution < 1.29 is 18.8 Å². The van der Waals surface area contributed by atoms with Crippen molar-refractivity contribution in [2.75, 3.05) is 7.11 Å². The number of nitrogens with zero attached hydrogens (tertiary/aromatic N) is 2. The molecule has 1 N–H and O–H groups in total. The molecule has 0 unspecified atom stereocenters. The Hall–Kier alpha value is -2.74. The molecule has 29 heavy (non-hydrogen) atoms. The lowest BCUT2D eigenvalue weighted by molar-refractivity contribution is -0.142. The Balaban J connectivity index is 2.09. The molecule has 1 aromatic heterocycles. The van der Waals surface area contributed by atoms with Gasteiger partial charge >= 0.3 is 5.97 Å². The summed E-state index contributed by atoms with van der Waals surface area (Å²) in [6.45, 7) is 10.9. The van der Waals surface area contributed by atoms with Crippen LogP contribution in [0.2, 0.25) is 18.1 Å². The molecule has 0 aliphatic carbocycles. The molecule has 1 heterocycles. The third-order valence-corrected chi connectivity index (χ3v) is 9.49. The van der Waals surface area contributed by atoms with Crippen molar-refractivity contribution in [2.45, 2.75) is 51.4 Å². The fraction of sp³-hybridized carbons (Fsp3) is 0.429. The number of carbonyl (C=O) groups excluding carboxylic acids is 2. The van der Waals surface area contributed by atoms with Gasteiger partial charge in [-0.05, 0) is 35.8 Å². The molecule has 0 fully saturated rings. The summed E-state index contributed by atoms with van der Waals surface area (Å²) in [5.74, 6) is -0.200. The Morgan fingerprint density at radius 3 is 2.31 bits per heavy atom. The van der Waals surface area contributed by atoms with Gasteiger partial charge in [0.1, 0.15) is 17.5 Å². The number of rotatable bonds is 7. The highest BCUT2D eigenvalue weighted by molar-refractivity contribution is 6.74. The summed E-state index contributed by atoms with van der Waals surface area (Å²) in [5, 5.41) is 2.77. The van der Waals surface area contributed by atoms with Crippen LogP contribution in [-0.2, 0) is 16.0 Å². The van der Waals surface area contributed by atoms with Crippen molar-refractivity contribution >= 4 is 20.2 Å². The zero-order valence-electron chi connectivity index (χ0n) is 17.9. The standard InChI is InChI=1S/C21H29N3O4Si/c1-21(2,3)29(5,6)28-16-9-7-15(8-10-16)13-17(20(26)27-4)24-19(25)18-14-22-11-12-23-18/h7-12,14,17H,13H2,1-6H3,(H,24,25)/t17-/m0/s1. The molecule has 0 saturated carbocycles. The predicted octanol–water partition coefficient (Wildman–Crippen LogP) is 3.37. The first-order chi connectivity index (χ1) is 13.5. The van der Waals surface area contributed by atoms with Gasteiger partial charge in [-0.2, -0.15) is 0 Å². The molecule has 2 rings (SSSR count). The smallest absolute Gasteiger partial charge is 0.328 e. The van der Waals surface area contributed by atoms with Crippen LogP contribution in [0.15, 0.2) is 42.9 Å².